The Kier molecular flexibility index (Phi) is 4.24. The minimum Gasteiger partial charge on any atom is -0.300 e. The number of hydrogen-bond donors (Lipinski definition) is 0. The molecule has 1 aliphatic rings. The molecule has 76 valence electrons. The monoisotopic (exact) mass is 202 g/mol. The second-order valence-corrected chi connectivity index (χ2v) is 4.90. The number of rotatable bonds is 4. The predicted octanol–water partition coefficient (Wildman–Crippen LogP) is 3.54. The van der Waals surface area contributed by atoms with Crippen LogP contribution in [0.25, 0.3) is 0 Å². The highest BCUT2D eigenvalue weighted by molar-refractivity contribution is 6.17. The van der Waals surface area contributed by atoms with Crippen molar-refractivity contribution in [3.05, 3.63) is 0 Å². The summed E-state index contributed by atoms with van der Waals surface area (Å²) in [5.41, 5.74) is 0.293. The number of Topliss-reactive ketones (excluding diaryl/α,β-unsaturated/α-hetero) is 1. The molecule has 0 heterocycles. The van der Waals surface area contributed by atoms with Gasteiger partial charge in [-0.15, -0.1) is 11.6 Å². The molecule has 0 aromatic carbocycles. The van der Waals surface area contributed by atoms with E-state index in [9.17, 15) is 4.79 Å². The van der Waals surface area contributed by atoms with E-state index in [1.165, 1.54) is 19.3 Å². The topological polar surface area (TPSA) is 17.1 Å². The molecule has 0 aromatic heterocycles. The summed E-state index contributed by atoms with van der Waals surface area (Å²) in [5.74, 6) is 1.21. The van der Waals surface area contributed by atoms with Gasteiger partial charge in [-0.1, -0.05) is 13.3 Å². The average Bonchev–Trinajstić information content (AvgIpc) is 2.04. The fraction of sp³-hybridized carbons (Fsp3) is 0.909. The zero-order valence-corrected chi connectivity index (χ0v) is 9.20. The number of halogens is 1. The van der Waals surface area contributed by atoms with Crippen molar-refractivity contribution in [2.24, 2.45) is 5.41 Å². The van der Waals surface area contributed by atoms with Crippen LogP contribution < -0.4 is 0 Å². The van der Waals surface area contributed by atoms with Gasteiger partial charge >= 0.3 is 0 Å². The fourth-order valence-corrected chi connectivity index (χ4v) is 2.41. The highest BCUT2D eigenvalue weighted by atomic mass is 35.5. The van der Waals surface area contributed by atoms with Gasteiger partial charge in [-0.3, -0.25) is 4.79 Å². The highest BCUT2D eigenvalue weighted by Crippen LogP contribution is 2.38. The third-order valence-electron chi connectivity index (χ3n) is 3.02. The number of carbonyl (C=O) groups excluding carboxylic acids is 1. The van der Waals surface area contributed by atoms with Crippen molar-refractivity contribution < 1.29 is 4.79 Å². The van der Waals surface area contributed by atoms with Crippen LogP contribution in [-0.4, -0.2) is 11.7 Å². The minimum atomic E-state index is 0.293. The first-order valence-corrected chi connectivity index (χ1v) is 5.77. The van der Waals surface area contributed by atoms with Crippen LogP contribution in [0.5, 0.6) is 0 Å². The molecule has 0 bridgehead atoms. The largest absolute Gasteiger partial charge is 0.300 e. The van der Waals surface area contributed by atoms with Crippen LogP contribution in [0.3, 0.4) is 0 Å². The van der Waals surface area contributed by atoms with Gasteiger partial charge in [-0.2, -0.15) is 0 Å². The molecule has 0 N–H and O–H groups in total. The van der Waals surface area contributed by atoms with Gasteiger partial charge in [0.1, 0.15) is 5.78 Å². The highest BCUT2D eigenvalue weighted by Gasteiger charge is 2.30. The number of unbranched alkanes of at least 4 members (excludes halogenated alkanes) is 1. The van der Waals surface area contributed by atoms with Crippen LogP contribution >= 0.6 is 11.6 Å². The average molecular weight is 203 g/mol. The van der Waals surface area contributed by atoms with E-state index in [1.807, 2.05) is 0 Å². The van der Waals surface area contributed by atoms with Crippen molar-refractivity contribution in [3.63, 3.8) is 0 Å². The Morgan fingerprint density at radius 3 is 2.85 bits per heavy atom. The maximum atomic E-state index is 11.3. The Balaban J connectivity index is 2.31. The molecule has 0 saturated heterocycles. The number of hydrogen-bond acceptors (Lipinski definition) is 1. The lowest BCUT2D eigenvalue weighted by atomic mass is 9.72. The SMILES string of the molecule is CC1(CCCCCl)CCCC(=O)C1. The molecule has 0 radical (unpaired) electrons. The predicted molar refractivity (Wildman–Crippen MR) is 56.2 cm³/mol. The summed E-state index contributed by atoms with van der Waals surface area (Å²) < 4.78 is 0. The molecular weight excluding hydrogens is 184 g/mol. The molecule has 1 rings (SSSR count). The van der Waals surface area contributed by atoms with Crippen LogP contribution in [0.15, 0.2) is 0 Å². The second-order valence-electron chi connectivity index (χ2n) is 4.53. The summed E-state index contributed by atoms with van der Waals surface area (Å²) in [5, 5.41) is 0. The number of carbonyl (C=O) groups is 1. The van der Waals surface area contributed by atoms with E-state index in [2.05, 4.69) is 6.92 Å². The molecule has 1 unspecified atom stereocenters. The van der Waals surface area contributed by atoms with Crippen molar-refractivity contribution in [2.75, 3.05) is 5.88 Å². The molecule has 1 nitrogen and oxygen atoms in total. The van der Waals surface area contributed by atoms with E-state index in [-0.39, 0.29) is 0 Å². The zero-order chi connectivity index (χ0) is 9.73. The first kappa shape index (κ1) is 11.0. The summed E-state index contributed by atoms with van der Waals surface area (Å²) in [7, 11) is 0. The second kappa shape index (κ2) is 4.99. The van der Waals surface area contributed by atoms with Gasteiger partial charge in [0, 0.05) is 18.7 Å². The first-order valence-electron chi connectivity index (χ1n) is 5.24. The Labute approximate surface area is 85.8 Å². The fourth-order valence-electron chi connectivity index (χ4n) is 2.22. The van der Waals surface area contributed by atoms with Crippen molar-refractivity contribution >= 4 is 17.4 Å². The molecule has 0 spiro atoms. The van der Waals surface area contributed by atoms with Gasteiger partial charge in [-0.25, -0.2) is 0 Å². The van der Waals surface area contributed by atoms with Gasteiger partial charge in [0.05, 0.1) is 0 Å². The van der Waals surface area contributed by atoms with Gasteiger partial charge in [0.25, 0.3) is 0 Å². The molecule has 0 amide bonds. The van der Waals surface area contributed by atoms with Gasteiger partial charge in [0.15, 0.2) is 0 Å². The van der Waals surface area contributed by atoms with E-state index in [0.717, 1.165) is 31.6 Å². The molecular formula is C11H19ClO. The van der Waals surface area contributed by atoms with Gasteiger partial charge < -0.3 is 0 Å². The summed E-state index contributed by atoms with van der Waals surface area (Å²) in [6.45, 7) is 2.25. The molecule has 1 aliphatic carbocycles. The summed E-state index contributed by atoms with van der Waals surface area (Å²) in [4.78, 5) is 11.3. The maximum Gasteiger partial charge on any atom is 0.133 e. The molecule has 0 aliphatic heterocycles. The summed E-state index contributed by atoms with van der Waals surface area (Å²) in [6, 6.07) is 0. The van der Waals surface area contributed by atoms with Gasteiger partial charge in [-0.05, 0) is 31.1 Å². The zero-order valence-electron chi connectivity index (χ0n) is 8.44. The van der Waals surface area contributed by atoms with Crippen LogP contribution in [0, 0.1) is 5.41 Å². The van der Waals surface area contributed by atoms with E-state index in [1.54, 1.807) is 0 Å². The standard InChI is InChI=1S/C11H19ClO/c1-11(6-2-3-8-12)7-4-5-10(13)9-11/h2-9H2,1H3. The van der Waals surface area contributed by atoms with Crippen molar-refractivity contribution in [1.29, 1.82) is 0 Å². The Morgan fingerprint density at radius 2 is 2.23 bits per heavy atom. The smallest absolute Gasteiger partial charge is 0.133 e. The Hall–Kier alpha value is -0.0400. The summed E-state index contributed by atoms with van der Waals surface area (Å²) in [6.07, 6.45) is 7.36. The lowest BCUT2D eigenvalue weighted by Crippen LogP contribution is -2.25. The molecule has 0 aromatic rings. The quantitative estimate of drug-likeness (QED) is 0.504. The van der Waals surface area contributed by atoms with E-state index < -0.39 is 0 Å². The van der Waals surface area contributed by atoms with Crippen molar-refractivity contribution in [3.8, 4) is 0 Å². The maximum absolute atomic E-state index is 11.3. The molecule has 2 heteroatoms. The van der Waals surface area contributed by atoms with E-state index in [0.29, 0.717) is 11.2 Å². The molecule has 13 heavy (non-hydrogen) atoms. The normalized spacial score (nSPS) is 29.2. The Bertz CT molecular complexity index is 179. The molecule has 1 fully saturated rings. The van der Waals surface area contributed by atoms with Gasteiger partial charge in [0.2, 0.25) is 0 Å². The lowest BCUT2D eigenvalue weighted by Gasteiger charge is -2.32. The van der Waals surface area contributed by atoms with E-state index >= 15 is 0 Å². The molecule has 1 saturated carbocycles. The van der Waals surface area contributed by atoms with Crippen LogP contribution in [0.1, 0.15) is 51.9 Å². The van der Waals surface area contributed by atoms with Crippen molar-refractivity contribution in [2.45, 2.75) is 51.9 Å². The number of ketones is 1. The minimum absolute atomic E-state index is 0.293. The van der Waals surface area contributed by atoms with E-state index in [4.69, 9.17) is 11.6 Å². The first-order chi connectivity index (χ1) is 6.16. The Morgan fingerprint density at radius 1 is 1.46 bits per heavy atom. The van der Waals surface area contributed by atoms with Crippen LogP contribution in [0.2, 0.25) is 0 Å². The van der Waals surface area contributed by atoms with Crippen LogP contribution in [-0.2, 0) is 4.79 Å². The van der Waals surface area contributed by atoms with Crippen molar-refractivity contribution in [1.82, 2.24) is 0 Å². The molecule has 1 atom stereocenters. The summed E-state index contributed by atoms with van der Waals surface area (Å²) >= 11 is 5.63. The third-order valence-corrected chi connectivity index (χ3v) is 3.29. The van der Waals surface area contributed by atoms with Crippen LogP contribution in [0.4, 0.5) is 0 Å². The number of alkyl halides is 1. The third kappa shape index (κ3) is 3.68. The lowest BCUT2D eigenvalue weighted by molar-refractivity contribution is -0.123.